The zero-order valence-corrected chi connectivity index (χ0v) is 9.47. The van der Waals surface area contributed by atoms with E-state index >= 15 is 0 Å². The largest absolute Gasteiger partial charge is 0.385 e. The molecule has 1 N–H and O–H groups in total. The Bertz CT molecular complexity index is 107. The smallest absolute Gasteiger partial charge is 0.0474 e. The third kappa shape index (κ3) is 8.22. The Hall–Kier alpha value is -0.120. The minimum absolute atomic E-state index is 0.640. The van der Waals surface area contributed by atoms with E-state index in [1.807, 2.05) is 0 Å². The molecule has 0 unspecified atom stereocenters. The summed E-state index contributed by atoms with van der Waals surface area (Å²) in [7, 11) is 3.90. The molecule has 0 amide bonds. The topological polar surface area (TPSA) is 24.5 Å². The van der Waals surface area contributed by atoms with Gasteiger partial charge in [-0.2, -0.15) is 0 Å². The lowest BCUT2D eigenvalue weighted by Gasteiger charge is -2.20. The lowest BCUT2D eigenvalue weighted by molar-refractivity contribution is 0.193. The van der Waals surface area contributed by atoms with Crippen LogP contribution in [0, 0.1) is 0 Å². The monoisotopic (exact) mass is 188 g/mol. The van der Waals surface area contributed by atoms with Crippen LogP contribution in [0.1, 0.15) is 20.3 Å². The van der Waals surface area contributed by atoms with Gasteiger partial charge < -0.3 is 15.0 Å². The summed E-state index contributed by atoms with van der Waals surface area (Å²) < 4.78 is 4.96. The van der Waals surface area contributed by atoms with E-state index in [-0.39, 0.29) is 0 Å². The van der Waals surface area contributed by atoms with E-state index in [4.69, 9.17) is 4.74 Å². The Morgan fingerprint density at radius 1 is 1.31 bits per heavy atom. The van der Waals surface area contributed by atoms with Crippen LogP contribution in [0.25, 0.3) is 0 Å². The van der Waals surface area contributed by atoms with Crippen molar-refractivity contribution in [3.05, 3.63) is 0 Å². The molecule has 0 aromatic rings. The summed E-state index contributed by atoms with van der Waals surface area (Å²) in [5, 5.41) is 3.38. The molecule has 0 rings (SSSR count). The van der Waals surface area contributed by atoms with Crippen molar-refractivity contribution in [2.45, 2.75) is 26.3 Å². The lowest BCUT2D eigenvalue weighted by Crippen LogP contribution is -2.34. The third-order valence-electron chi connectivity index (χ3n) is 2.22. The molecule has 0 atom stereocenters. The van der Waals surface area contributed by atoms with Crippen LogP contribution in [-0.2, 0) is 4.74 Å². The van der Waals surface area contributed by atoms with Crippen molar-refractivity contribution in [1.29, 1.82) is 0 Å². The first-order valence-corrected chi connectivity index (χ1v) is 5.08. The van der Waals surface area contributed by atoms with Gasteiger partial charge in [0.2, 0.25) is 0 Å². The fraction of sp³-hybridized carbons (Fsp3) is 1.00. The van der Waals surface area contributed by atoms with Gasteiger partial charge in [-0.3, -0.25) is 0 Å². The first kappa shape index (κ1) is 12.9. The molecule has 3 heteroatoms. The fourth-order valence-electron chi connectivity index (χ4n) is 0.980. The highest BCUT2D eigenvalue weighted by atomic mass is 16.5. The van der Waals surface area contributed by atoms with E-state index in [0.717, 1.165) is 32.7 Å². The number of rotatable bonds is 8. The van der Waals surface area contributed by atoms with Crippen LogP contribution in [-0.4, -0.2) is 51.3 Å². The van der Waals surface area contributed by atoms with Gasteiger partial charge in [-0.1, -0.05) is 0 Å². The molecule has 0 aromatic heterocycles. The second-order valence-electron chi connectivity index (χ2n) is 3.67. The van der Waals surface area contributed by atoms with Gasteiger partial charge >= 0.3 is 0 Å². The molecule has 3 nitrogen and oxygen atoms in total. The number of hydrogen-bond donors (Lipinski definition) is 1. The minimum atomic E-state index is 0.640. The normalized spacial score (nSPS) is 11.5. The molecule has 0 saturated heterocycles. The summed E-state index contributed by atoms with van der Waals surface area (Å²) in [4.78, 5) is 2.34. The maximum atomic E-state index is 4.96. The Balaban J connectivity index is 3.07. The van der Waals surface area contributed by atoms with E-state index < -0.39 is 0 Å². The SMILES string of the molecule is COCCCNCCN(C)C(C)C. The van der Waals surface area contributed by atoms with Gasteiger partial charge in [0, 0.05) is 32.8 Å². The van der Waals surface area contributed by atoms with Crippen LogP contribution in [0.3, 0.4) is 0 Å². The maximum absolute atomic E-state index is 4.96. The van der Waals surface area contributed by atoms with Crippen molar-refractivity contribution in [3.63, 3.8) is 0 Å². The van der Waals surface area contributed by atoms with Gasteiger partial charge in [0.05, 0.1) is 0 Å². The second kappa shape index (κ2) is 8.48. The van der Waals surface area contributed by atoms with Crippen LogP contribution in [0.4, 0.5) is 0 Å². The van der Waals surface area contributed by atoms with Crippen molar-refractivity contribution in [2.24, 2.45) is 0 Å². The number of nitrogens with zero attached hydrogens (tertiary/aromatic N) is 1. The molecule has 0 aliphatic heterocycles. The van der Waals surface area contributed by atoms with Gasteiger partial charge in [0.15, 0.2) is 0 Å². The van der Waals surface area contributed by atoms with Gasteiger partial charge in [0.25, 0.3) is 0 Å². The minimum Gasteiger partial charge on any atom is -0.385 e. The van der Waals surface area contributed by atoms with Crippen LogP contribution in [0.2, 0.25) is 0 Å². The molecule has 0 aromatic carbocycles. The van der Waals surface area contributed by atoms with Crippen LogP contribution in [0.5, 0.6) is 0 Å². The summed E-state index contributed by atoms with van der Waals surface area (Å²) in [6.45, 7) is 8.52. The summed E-state index contributed by atoms with van der Waals surface area (Å²) in [6, 6.07) is 0.640. The molecule has 0 saturated carbocycles. The number of ether oxygens (including phenoxy) is 1. The Kier molecular flexibility index (Phi) is 8.40. The highest BCUT2D eigenvalue weighted by Gasteiger charge is 2.00. The summed E-state index contributed by atoms with van der Waals surface area (Å²) in [5.74, 6) is 0. The van der Waals surface area contributed by atoms with Gasteiger partial charge in [-0.05, 0) is 33.9 Å². The van der Waals surface area contributed by atoms with Gasteiger partial charge in [0.1, 0.15) is 0 Å². The van der Waals surface area contributed by atoms with E-state index in [0.29, 0.717) is 6.04 Å². The maximum Gasteiger partial charge on any atom is 0.0474 e. The third-order valence-corrected chi connectivity index (χ3v) is 2.22. The fourth-order valence-corrected chi connectivity index (χ4v) is 0.980. The molecule has 0 radical (unpaired) electrons. The van der Waals surface area contributed by atoms with Crippen molar-refractivity contribution in [3.8, 4) is 0 Å². The van der Waals surface area contributed by atoms with E-state index in [9.17, 15) is 0 Å². The Morgan fingerprint density at radius 3 is 2.54 bits per heavy atom. The Labute approximate surface area is 82.4 Å². The first-order chi connectivity index (χ1) is 6.18. The predicted octanol–water partition coefficient (Wildman–Crippen LogP) is 0.953. The molecular weight excluding hydrogens is 164 g/mol. The Morgan fingerprint density at radius 2 is 2.00 bits per heavy atom. The molecule has 0 aliphatic rings. The summed E-state index contributed by atoms with van der Waals surface area (Å²) in [5.41, 5.74) is 0. The summed E-state index contributed by atoms with van der Waals surface area (Å²) >= 11 is 0. The summed E-state index contributed by atoms with van der Waals surface area (Å²) in [6.07, 6.45) is 1.10. The average Bonchev–Trinajstić information content (AvgIpc) is 2.10. The van der Waals surface area contributed by atoms with Gasteiger partial charge in [-0.25, -0.2) is 0 Å². The second-order valence-corrected chi connectivity index (χ2v) is 3.67. The molecule has 0 bridgehead atoms. The zero-order chi connectivity index (χ0) is 10.1. The first-order valence-electron chi connectivity index (χ1n) is 5.08. The number of likely N-dealkylation sites (N-methyl/N-ethyl adjacent to an activating group) is 1. The predicted molar refractivity (Wildman–Crippen MR) is 57.1 cm³/mol. The van der Waals surface area contributed by atoms with Crippen molar-refractivity contribution < 1.29 is 4.74 Å². The zero-order valence-electron chi connectivity index (χ0n) is 9.47. The molecule has 80 valence electrons. The van der Waals surface area contributed by atoms with Crippen LogP contribution in [0.15, 0.2) is 0 Å². The standard InChI is InChI=1S/C10H24N2O/c1-10(2)12(3)8-7-11-6-5-9-13-4/h10-11H,5-9H2,1-4H3. The quantitative estimate of drug-likeness (QED) is 0.574. The van der Waals surface area contributed by atoms with Crippen LogP contribution < -0.4 is 5.32 Å². The molecule has 0 fully saturated rings. The van der Waals surface area contributed by atoms with Crippen molar-refractivity contribution in [2.75, 3.05) is 40.4 Å². The molecule has 0 spiro atoms. The highest BCUT2D eigenvalue weighted by molar-refractivity contribution is 4.58. The average molecular weight is 188 g/mol. The lowest BCUT2D eigenvalue weighted by atomic mass is 10.3. The van der Waals surface area contributed by atoms with E-state index in [1.54, 1.807) is 7.11 Å². The molecule has 0 heterocycles. The van der Waals surface area contributed by atoms with E-state index in [2.05, 4.69) is 31.1 Å². The van der Waals surface area contributed by atoms with Crippen molar-refractivity contribution in [1.82, 2.24) is 10.2 Å². The highest BCUT2D eigenvalue weighted by Crippen LogP contribution is 1.90. The molecular formula is C10H24N2O. The molecule has 0 aliphatic carbocycles. The van der Waals surface area contributed by atoms with Crippen LogP contribution >= 0.6 is 0 Å². The van der Waals surface area contributed by atoms with Gasteiger partial charge in [-0.15, -0.1) is 0 Å². The number of nitrogens with one attached hydrogen (secondary N) is 1. The van der Waals surface area contributed by atoms with Crippen molar-refractivity contribution >= 4 is 0 Å². The van der Waals surface area contributed by atoms with E-state index in [1.165, 1.54) is 0 Å². The number of hydrogen-bond acceptors (Lipinski definition) is 3. The molecule has 13 heavy (non-hydrogen) atoms. The number of methoxy groups -OCH3 is 1.